The maximum absolute atomic E-state index is 11.9. The molecule has 0 saturated carbocycles. The number of carbonyl (C=O) groups is 1. The summed E-state index contributed by atoms with van der Waals surface area (Å²) in [7, 11) is 1.64. The predicted octanol–water partition coefficient (Wildman–Crippen LogP) is 2.85. The number of rotatable bonds is 4. The van der Waals surface area contributed by atoms with Gasteiger partial charge in [-0.3, -0.25) is 4.79 Å². The van der Waals surface area contributed by atoms with Crippen molar-refractivity contribution < 1.29 is 9.53 Å². The fraction of sp³-hybridized carbons (Fsp3) is 0.500. The first-order chi connectivity index (χ1) is 8.19. The van der Waals surface area contributed by atoms with E-state index in [-0.39, 0.29) is 11.8 Å². The molecule has 92 valence electrons. The lowest BCUT2D eigenvalue weighted by molar-refractivity contribution is -0.129. The average molecular weight is 233 g/mol. The van der Waals surface area contributed by atoms with Gasteiger partial charge in [-0.2, -0.15) is 0 Å². The maximum Gasteiger partial charge on any atom is 0.232 e. The molecule has 1 aliphatic heterocycles. The lowest BCUT2D eigenvalue weighted by Crippen LogP contribution is -2.60. The van der Waals surface area contributed by atoms with Crippen LogP contribution in [0.4, 0.5) is 5.69 Å². The second-order valence-electron chi connectivity index (χ2n) is 4.55. The number of hydrogen-bond donors (Lipinski definition) is 0. The molecular weight excluding hydrogens is 214 g/mol. The Balaban J connectivity index is 2.17. The summed E-state index contributed by atoms with van der Waals surface area (Å²) in [5, 5.41) is 0. The Labute approximate surface area is 102 Å². The molecule has 1 heterocycles. The number of amides is 1. The van der Waals surface area contributed by atoms with Crippen LogP contribution in [0.25, 0.3) is 0 Å². The Bertz CT molecular complexity index is 399. The van der Waals surface area contributed by atoms with Crippen molar-refractivity contribution in [3.05, 3.63) is 24.3 Å². The SMILES string of the molecule is CCC[C@@H]1[C@@H](C)C(=O)N1c1ccc(OC)cc1. The molecule has 2 atom stereocenters. The molecule has 1 aromatic carbocycles. The summed E-state index contributed by atoms with van der Waals surface area (Å²) < 4.78 is 5.12. The van der Waals surface area contributed by atoms with Crippen molar-refractivity contribution in [2.45, 2.75) is 32.7 Å². The van der Waals surface area contributed by atoms with Crippen LogP contribution in [0.1, 0.15) is 26.7 Å². The van der Waals surface area contributed by atoms with Gasteiger partial charge in [-0.05, 0) is 30.7 Å². The van der Waals surface area contributed by atoms with E-state index in [0.29, 0.717) is 6.04 Å². The molecule has 1 aliphatic rings. The highest BCUT2D eigenvalue weighted by atomic mass is 16.5. The number of hydrogen-bond acceptors (Lipinski definition) is 2. The first kappa shape index (κ1) is 12.0. The van der Waals surface area contributed by atoms with Gasteiger partial charge in [-0.15, -0.1) is 0 Å². The van der Waals surface area contributed by atoms with Crippen LogP contribution >= 0.6 is 0 Å². The third-order valence-corrected chi connectivity index (χ3v) is 3.47. The zero-order chi connectivity index (χ0) is 12.4. The number of methoxy groups -OCH3 is 1. The van der Waals surface area contributed by atoms with E-state index in [1.165, 1.54) is 0 Å². The zero-order valence-electron chi connectivity index (χ0n) is 10.6. The van der Waals surface area contributed by atoms with Crippen LogP contribution < -0.4 is 9.64 Å². The minimum Gasteiger partial charge on any atom is -0.497 e. The van der Waals surface area contributed by atoms with E-state index in [9.17, 15) is 4.79 Å². The highest BCUT2D eigenvalue weighted by molar-refractivity contribution is 6.02. The molecule has 0 radical (unpaired) electrons. The molecule has 3 heteroatoms. The van der Waals surface area contributed by atoms with Crippen LogP contribution in [0, 0.1) is 5.92 Å². The number of β-lactam (4-membered cyclic amide) rings is 1. The maximum atomic E-state index is 11.9. The fourth-order valence-corrected chi connectivity index (χ4v) is 2.43. The Kier molecular flexibility index (Phi) is 3.36. The minimum absolute atomic E-state index is 0.164. The number of carbonyl (C=O) groups excluding carboxylic acids is 1. The quantitative estimate of drug-likeness (QED) is 0.748. The summed E-state index contributed by atoms with van der Waals surface area (Å²) in [6.45, 7) is 4.17. The molecule has 0 N–H and O–H groups in total. The molecule has 1 amide bonds. The third-order valence-electron chi connectivity index (χ3n) is 3.47. The first-order valence-electron chi connectivity index (χ1n) is 6.16. The molecule has 0 aromatic heterocycles. The van der Waals surface area contributed by atoms with Crippen molar-refractivity contribution in [2.75, 3.05) is 12.0 Å². The molecular formula is C14H19NO2. The monoisotopic (exact) mass is 233 g/mol. The molecule has 3 nitrogen and oxygen atoms in total. The third kappa shape index (κ3) is 2.02. The van der Waals surface area contributed by atoms with Crippen LogP contribution in [0.5, 0.6) is 5.75 Å². The summed E-state index contributed by atoms with van der Waals surface area (Å²) in [6, 6.07) is 8.06. The van der Waals surface area contributed by atoms with E-state index in [2.05, 4.69) is 6.92 Å². The molecule has 0 spiro atoms. The molecule has 0 aliphatic carbocycles. The minimum atomic E-state index is 0.164. The van der Waals surface area contributed by atoms with Gasteiger partial charge in [-0.1, -0.05) is 20.3 Å². The van der Waals surface area contributed by atoms with Gasteiger partial charge in [0.1, 0.15) is 5.75 Å². The molecule has 1 saturated heterocycles. The highest BCUT2D eigenvalue weighted by Gasteiger charge is 2.43. The number of ether oxygens (including phenoxy) is 1. The molecule has 0 unspecified atom stereocenters. The largest absolute Gasteiger partial charge is 0.497 e. The summed E-state index contributed by atoms with van der Waals surface area (Å²) in [5.74, 6) is 1.22. The van der Waals surface area contributed by atoms with Crippen molar-refractivity contribution in [1.82, 2.24) is 0 Å². The van der Waals surface area contributed by atoms with Crippen LogP contribution in [0.15, 0.2) is 24.3 Å². The molecule has 1 fully saturated rings. The number of benzene rings is 1. The average Bonchev–Trinajstić information content (AvgIpc) is 2.38. The normalized spacial score (nSPS) is 23.5. The second-order valence-corrected chi connectivity index (χ2v) is 4.55. The summed E-state index contributed by atoms with van der Waals surface area (Å²) in [4.78, 5) is 13.8. The highest BCUT2D eigenvalue weighted by Crippen LogP contribution is 2.35. The smallest absolute Gasteiger partial charge is 0.232 e. The van der Waals surface area contributed by atoms with Crippen LogP contribution in [-0.2, 0) is 4.79 Å². The first-order valence-corrected chi connectivity index (χ1v) is 6.16. The van der Waals surface area contributed by atoms with E-state index < -0.39 is 0 Å². The summed E-state index contributed by atoms with van der Waals surface area (Å²) in [6.07, 6.45) is 2.17. The lowest BCUT2D eigenvalue weighted by atomic mass is 9.85. The van der Waals surface area contributed by atoms with Gasteiger partial charge in [-0.25, -0.2) is 0 Å². The van der Waals surface area contributed by atoms with Crippen molar-refractivity contribution in [1.29, 1.82) is 0 Å². The Hall–Kier alpha value is -1.51. The molecule has 17 heavy (non-hydrogen) atoms. The molecule has 1 aromatic rings. The van der Waals surface area contributed by atoms with Gasteiger partial charge in [0, 0.05) is 11.7 Å². The Morgan fingerprint density at radius 3 is 2.47 bits per heavy atom. The van der Waals surface area contributed by atoms with E-state index in [1.807, 2.05) is 36.1 Å². The Morgan fingerprint density at radius 1 is 1.29 bits per heavy atom. The van der Waals surface area contributed by atoms with Gasteiger partial charge < -0.3 is 9.64 Å². The molecule has 2 rings (SSSR count). The van der Waals surface area contributed by atoms with Crippen molar-refractivity contribution in [2.24, 2.45) is 5.92 Å². The van der Waals surface area contributed by atoms with E-state index in [0.717, 1.165) is 24.3 Å². The second kappa shape index (κ2) is 4.78. The predicted molar refractivity (Wildman–Crippen MR) is 68.3 cm³/mol. The van der Waals surface area contributed by atoms with Gasteiger partial charge in [0.25, 0.3) is 0 Å². The van der Waals surface area contributed by atoms with Crippen molar-refractivity contribution in [3.63, 3.8) is 0 Å². The van der Waals surface area contributed by atoms with Crippen LogP contribution in [-0.4, -0.2) is 19.1 Å². The number of nitrogens with zero attached hydrogens (tertiary/aromatic N) is 1. The van der Waals surface area contributed by atoms with Crippen molar-refractivity contribution >= 4 is 11.6 Å². The van der Waals surface area contributed by atoms with Gasteiger partial charge in [0.15, 0.2) is 0 Å². The molecule has 0 bridgehead atoms. The standard InChI is InChI=1S/C14H19NO2/c1-4-5-13-10(2)14(16)15(13)11-6-8-12(17-3)9-7-11/h6-10,13H,4-5H2,1-3H3/t10-,13-/m1/s1. The van der Waals surface area contributed by atoms with Gasteiger partial charge in [0.05, 0.1) is 13.0 Å². The van der Waals surface area contributed by atoms with Crippen molar-refractivity contribution in [3.8, 4) is 5.75 Å². The number of anilines is 1. The van der Waals surface area contributed by atoms with Gasteiger partial charge in [0.2, 0.25) is 5.91 Å². The van der Waals surface area contributed by atoms with E-state index in [4.69, 9.17) is 4.74 Å². The van der Waals surface area contributed by atoms with E-state index in [1.54, 1.807) is 7.11 Å². The summed E-state index contributed by atoms with van der Waals surface area (Å²) >= 11 is 0. The van der Waals surface area contributed by atoms with Crippen LogP contribution in [0.3, 0.4) is 0 Å². The topological polar surface area (TPSA) is 29.5 Å². The fourth-order valence-electron chi connectivity index (χ4n) is 2.43. The lowest BCUT2D eigenvalue weighted by Gasteiger charge is -2.46. The summed E-state index contributed by atoms with van der Waals surface area (Å²) in [5.41, 5.74) is 0.979. The van der Waals surface area contributed by atoms with Crippen LogP contribution in [0.2, 0.25) is 0 Å². The zero-order valence-corrected chi connectivity index (χ0v) is 10.6. The Morgan fingerprint density at radius 2 is 1.94 bits per heavy atom. The van der Waals surface area contributed by atoms with Gasteiger partial charge >= 0.3 is 0 Å². The van der Waals surface area contributed by atoms with E-state index >= 15 is 0 Å².